The van der Waals surface area contributed by atoms with Gasteiger partial charge < -0.3 is 4.90 Å². The van der Waals surface area contributed by atoms with E-state index in [4.69, 9.17) is 0 Å². The fourth-order valence-corrected chi connectivity index (χ4v) is 3.11. The van der Waals surface area contributed by atoms with Gasteiger partial charge in [0.1, 0.15) is 10.8 Å². The normalized spacial score (nSPS) is 13.8. The van der Waals surface area contributed by atoms with Gasteiger partial charge in [-0.15, -0.1) is 0 Å². The van der Waals surface area contributed by atoms with E-state index in [1.165, 1.54) is 0 Å². The second-order valence-electron chi connectivity index (χ2n) is 5.05. The van der Waals surface area contributed by atoms with Crippen molar-refractivity contribution in [2.24, 2.45) is 0 Å². The van der Waals surface area contributed by atoms with Crippen LogP contribution in [-0.4, -0.2) is 26.9 Å². The van der Waals surface area contributed by atoms with Gasteiger partial charge in [-0.1, -0.05) is 50.6 Å². The average Bonchev–Trinajstić information content (AvgIpc) is 2.48. The second kappa shape index (κ2) is 8.90. The van der Waals surface area contributed by atoms with Gasteiger partial charge in [-0.2, -0.15) is 0 Å². The average molecular weight is 295 g/mol. The molecular weight excluding hydrogens is 270 g/mol. The minimum atomic E-state index is -1.48. The van der Waals surface area contributed by atoms with Crippen LogP contribution in [0.2, 0.25) is 0 Å². The highest BCUT2D eigenvalue weighted by Crippen LogP contribution is 2.12. The smallest absolute Gasteiger partial charge is 0.312 e. The number of hydrogen-bond donors (Lipinski definition) is 0. The van der Waals surface area contributed by atoms with Crippen molar-refractivity contribution in [1.29, 1.82) is 0 Å². The summed E-state index contributed by atoms with van der Waals surface area (Å²) in [5.74, 6) is 0.304. The van der Waals surface area contributed by atoms with Crippen molar-refractivity contribution in [2.45, 2.75) is 51.8 Å². The topological polar surface area (TPSA) is 37.4 Å². The Labute approximate surface area is 124 Å². The van der Waals surface area contributed by atoms with Crippen LogP contribution in [0.3, 0.4) is 0 Å². The van der Waals surface area contributed by atoms with Gasteiger partial charge in [0.25, 0.3) is 0 Å². The summed E-state index contributed by atoms with van der Waals surface area (Å²) >= 11 is 0. The lowest BCUT2D eigenvalue weighted by molar-refractivity contribution is 0.199. The zero-order valence-corrected chi connectivity index (χ0v) is 13.5. The molecule has 3 nitrogen and oxygen atoms in total. The molecule has 0 aliphatic heterocycles. The standard InChI is InChI=1S/C16H25NO2S/c1-4-6-12-17(14(3)5-2)16(18)20(19)13-15-10-8-7-9-11-15/h7-11,14H,4-6,12-13H2,1-3H3. The summed E-state index contributed by atoms with van der Waals surface area (Å²) in [7, 11) is -1.48. The van der Waals surface area contributed by atoms with Crippen molar-refractivity contribution in [1.82, 2.24) is 4.90 Å². The molecule has 0 bridgehead atoms. The Morgan fingerprint density at radius 1 is 1.25 bits per heavy atom. The molecule has 0 radical (unpaired) electrons. The summed E-state index contributed by atoms with van der Waals surface area (Å²) in [6.07, 6.45) is 2.88. The molecule has 0 aliphatic rings. The molecule has 0 aromatic heterocycles. The van der Waals surface area contributed by atoms with Crippen molar-refractivity contribution < 1.29 is 9.00 Å². The molecule has 0 spiro atoms. The van der Waals surface area contributed by atoms with E-state index in [-0.39, 0.29) is 11.3 Å². The third kappa shape index (κ3) is 5.08. The Morgan fingerprint density at radius 3 is 2.45 bits per heavy atom. The second-order valence-corrected chi connectivity index (χ2v) is 6.37. The molecule has 2 atom stereocenters. The Balaban J connectivity index is 2.70. The maximum Gasteiger partial charge on any atom is 0.312 e. The zero-order chi connectivity index (χ0) is 15.0. The molecule has 1 aromatic carbocycles. The lowest BCUT2D eigenvalue weighted by atomic mass is 10.2. The van der Waals surface area contributed by atoms with Gasteiger partial charge in [0.05, 0.1) is 5.75 Å². The summed E-state index contributed by atoms with van der Waals surface area (Å²) in [6.45, 7) is 6.87. The maximum absolute atomic E-state index is 12.4. The van der Waals surface area contributed by atoms with E-state index in [2.05, 4.69) is 13.8 Å². The highest BCUT2D eigenvalue weighted by atomic mass is 32.2. The molecule has 0 saturated carbocycles. The predicted molar refractivity (Wildman–Crippen MR) is 85.1 cm³/mol. The first-order chi connectivity index (χ1) is 9.60. The molecule has 1 aromatic rings. The Kier molecular flexibility index (Phi) is 7.52. The lowest BCUT2D eigenvalue weighted by Crippen LogP contribution is -2.40. The van der Waals surface area contributed by atoms with E-state index in [9.17, 15) is 9.00 Å². The first kappa shape index (κ1) is 16.9. The summed E-state index contributed by atoms with van der Waals surface area (Å²) < 4.78 is 12.3. The molecule has 0 heterocycles. The number of rotatable bonds is 7. The molecule has 0 fully saturated rings. The number of carbonyl (C=O) groups is 1. The van der Waals surface area contributed by atoms with Crippen molar-refractivity contribution in [3.63, 3.8) is 0 Å². The monoisotopic (exact) mass is 295 g/mol. The number of carbonyl (C=O) groups excluding carboxylic acids is 1. The zero-order valence-electron chi connectivity index (χ0n) is 12.7. The predicted octanol–water partition coefficient (Wildman–Crippen LogP) is 3.96. The number of unbranched alkanes of at least 4 members (excludes halogenated alkanes) is 1. The summed E-state index contributed by atoms with van der Waals surface area (Å²) in [5.41, 5.74) is 0.943. The van der Waals surface area contributed by atoms with Crippen molar-refractivity contribution >= 4 is 16.0 Å². The van der Waals surface area contributed by atoms with E-state index in [1.807, 2.05) is 37.3 Å². The van der Waals surface area contributed by atoms with Gasteiger partial charge in [-0.3, -0.25) is 4.79 Å². The quantitative estimate of drug-likeness (QED) is 0.763. The van der Waals surface area contributed by atoms with E-state index < -0.39 is 10.8 Å². The van der Waals surface area contributed by atoms with Gasteiger partial charge >= 0.3 is 5.24 Å². The first-order valence-electron chi connectivity index (χ1n) is 7.33. The first-order valence-corrected chi connectivity index (χ1v) is 8.64. The van der Waals surface area contributed by atoms with Crippen LogP contribution in [0.5, 0.6) is 0 Å². The minimum Gasteiger partial charge on any atom is -0.329 e. The van der Waals surface area contributed by atoms with Crippen molar-refractivity contribution in [2.75, 3.05) is 6.54 Å². The van der Waals surface area contributed by atoms with Crippen LogP contribution >= 0.6 is 0 Å². The molecule has 112 valence electrons. The number of hydrogen-bond acceptors (Lipinski definition) is 2. The number of benzene rings is 1. The molecular formula is C16H25NO2S. The van der Waals surface area contributed by atoms with Crippen LogP contribution in [0, 0.1) is 0 Å². The van der Waals surface area contributed by atoms with Gasteiger partial charge in [0, 0.05) is 12.6 Å². The van der Waals surface area contributed by atoms with E-state index in [0.29, 0.717) is 12.3 Å². The maximum atomic E-state index is 12.4. The van der Waals surface area contributed by atoms with Gasteiger partial charge in [-0.25, -0.2) is 4.21 Å². The number of amides is 1. The van der Waals surface area contributed by atoms with Crippen LogP contribution in [0.15, 0.2) is 30.3 Å². The van der Waals surface area contributed by atoms with Crippen LogP contribution in [0.1, 0.15) is 45.6 Å². The van der Waals surface area contributed by atoms with Gasteiger partial charge in [-0.05, 0) is 25.3 Å². The van der Waals surface area contributed by atoms with Crippen LogP contribution in [-0.2, 0) is 16.6 Å². The third-order valence-electron chi connectivity index (χ3n) is 3.45. The Hall–Kier alpha value is -1.16. The van der Waals surface area contributed by atoms with Crippen molar-refractivity contribution in [3.05, 3.63) is 35.9 Å². The molecule has 20 heavy (non-hydrogen) atoms. The van der Waals surface area contributed by atoms with Crippen LogP contribution < -0.4 is 0 Å². The fraction of sp³-hybridized carbons (Fsp3) is 0.562. The molecule has 1 rings (SSSR count). The molecule has 2 unspecified atom stereocenters. The van der Waals surface area contributed by atoms with Crippen LogP contribution in [0.4, 0.5) is 4.79 Å². The van der Waals surface area contributed by atoms with Gasteiger partial charge in [0.15, 0.2) is 0 Å². The Bertz CT molecular complexity index is 433. The largest absolute Gasteiger partial charge is 0.329 e. The fourth-order valence-electron chi connectivity index (χ4n) is 1.96. The molecule has 0 aliphatic carbocycles. The molecule has 1 amide bonds. The lowest BCUT2D eigenvalue weighted by Gasteiger charge is -2.28. The Morgan fingerprint density at radius 2 is 1.90 bits per heavy atom. The number of nitrogens with zero attached hydrogens (tertiary/aromatic N) is 1. The SMILES string of the molecule is CCCCN(C(=O)S(=O)Cc1ccccc1)C(C)CC. The van der Waals surface area contributed by atoms with Crippen molar-refractivity contribution in [3.8, 4) is 0 Å². The summed E-state index contributed by atoms with van der Waals surface area (Å²) in [6, 6.07) is 9.69. The summed E-state index contributed by atoms with van der Waals surface area (Å²) in [5, 5.41) is -0.225. The van der Waals surface area contributed by atoms with Gasteiger partial charge in [0.2, 0.25) is 0 Å². The molecule has 0 saturated heterocycles. The van der Waals surface area contributed by atoms with E-state index in [1.54, 1.807) is 4.90 Å². The van der Waals surface area contributed by atoms with Crippen LogP contribution in [0.25, 0.3) is 0 Å². The molecule has 4 heteroatoms. The molecule has 0 N–H and O–H groups in total. The third-order valence-corrected chi connectivity index (χ3v) is 4.66. The minimum absolute atomic E-state index is 0.147. The highest BCUT2D eigenvalue weighted by molar-refractivity contribution is 7.99. The summed E-state index contributed by atoms with van der Waals surface area (Å²) in [4.78, 5) is 14.2. The van der Waals surface area contributed by atoms with E-state index in [0.717, 1.165) is 24.8 Å². The van der Waals surface area contributed by atoms with E-state index >= 15 is 0 Å². The highest BCUT2D eigenvalue weighted by Gasteiger charge is 2.23.